The first-order chi connectivity index (χ1) is 14.1. The lowest BCUT2D eigenvalue weighted by molar-refractivity contribution is -0.115. The van der Waals surface area contributed by atoms with Gasteiger partial charge in [0.05, 0.1) is 12.6 Å². The fourth-order valence-corrected chi connectivity index (χ4v) is 3.92. The third-order valence-electron chi connectivity index (χ3n) is 4.65. The van der Waals surface area contributed by atoms with E-state index in [2.05, 4.69) is 41.8 Å². The van der Waals surface area contributed by atoms with Crippen LogP contribution in [0.25, 0.3) is 0 Å². The minimum absolute atomic E-state index is 0.0755. The number of para-hydroxylation sites is 1. The summed E-state index contributed by atoms with van der Waals surface area (Å²) in [6, 6.07) is 15.6. The van der Waals surface area contributed by atoms with Crippen molar-refractivity contribution in [3.63, 3.8) is 0 Å². The number of unbranched alkanes of at least 4 members (excludes halogenated alkanes) is 1. The van der Waals surface area contributed by atoms with E-state index in [0.29, 0.717) is 0 Å². The molecule has 1 aromatic heterocycles. The topological polar surface area (TPSA) is 41.1 Å². The number of benzene rings is 2. The molecule has 0 aliphatic carbocycles. The number of halogens is 2. The third kappa shape index (κ3) is 5.71. The maximum Gasteiger partial charge on any atom is 0.238 e. The fraction of sp³-hybridized carbons (Fsp3) is 0.261. The summed E-state index contributed by atoms with van der Waals surface area (Å²) in [4.78, 5) is 13.4. The Morgan fingerprint density at radius 1 is 1.03 bits per heavy atom. The molecule has 0 bridgehead atoms. The third-order valence-corrected chi connectivity index (χ3v) is 5.59. The highest BCUT2D eigenvalue weighted by Crippen LogP contribution is 2.26. The van der Waals surface area contributed by atoms with Crippen LogP contribution in [0.5, 0.6) is 0 Å². The van der Waals surface area contributed by atoms with Crippen LogP contribution < -0.4 is 10.6 Å². The summed E-state index contributed by atoms with van der Waals surface area (Å²) in [6.07, 6.45) is 3.35. The number of hydrogen-bond acceptors (Lipinski definition) is 3. The molecule has 1 atom stereocenters. The molecule has 2 aromatic carbocycles. The van der Waals surface area contributed by atoms with Gasteiger partial charge in [0.25, 0.3) is 0 Å². The van der Waals surface area contributed by atoms with Crippen molar-refractivity contribution in [3.05, 3.63) is 87.6 Å². The summed E-state index contributed by atoms with van der Waals surface area (Å²) in [5.41, 5.74) is 1.90. The number of thiophene rings is 1. The van der Waals surface area contributed by atoms with Crippen LogP contribution >= 0.6 is 11.3 Å². The zero-order chi connectivity index (χ0) is 20.6. The van der Waals surface area contributed by atoms with Crippen molar-refractivity contribution in [2.75, 3.05) is 11.9 Å². The van der Waals surface area contributed by atoms with E-state index in [4.69, 9.17) is 0 Å². The first kappa shape index (κ1) is 21.1. The molecule has 0 unspecified atom stereocenters. The zero-order valence-corrected chi connectivity index (χ0v) is 17.1. The molecule has 0 aliphatic heterocycles. The van der Waals surface area contributed by atoms with Crippen LogP contribution in [-0.2, 0) is 11.2 Å². The molecule has 29 heavy (non-hydrogen) atoms. The van der Waals surface area contributed by atoms with Gasteiger partial charge in [-0.15, -0.1) is 11.3 Å². The molecule has 3 rings (SSSR count). The van der Waals surface area contributed by atoms with E-state index in [-0.39, 0.29) is 12.6 Å². The van der Waals surface area contributed by atoms with Crippen molar-refractivity contribution in [3.8, 4) is 0 Å². The van der Waals surface area contributed by atoms with Gasteiger partial charge in [0.15, 0.2) is 0 Å². The second kappa shape index (κ2) is 10.3. The molecule has 152 valence electrons. The molecular formula is C23H24F2N2OS. The van der Waals surface area contributed by atoms with Gasteiger partial charge in [-0.05, 0) is 47.5 Å². The molecule has 6 heteroatoms. The Morgan fingerprint density at radius 3 is 2.38 bits per heavy atom. The fourth-order valence-electron chi connectivity index (χ4n) is 3.09. The van der Waals surface area contributed by atoms with Gasteiger partial charge in [-0.2, -0.15) is 0 Å². The number of hydrogen-bond donors (Lipinski definition) is 2. The normalized spacial score (nSPS) is 12.0. The minimum atomic E-state index is -0.796. The van der Waals surface area contributed by atoms with Crippen LogP contribution in [-0.4, -0.2) is 12.5 Å². The summed E-state index contributed by atoms with van der Waals surface area (Å²) < 4.78 is 27.5. The Morgan fingerprint density at radius 2 is 1.76 bits per heavy atom. The van der Waals surface area contributed by atoms with Gasteiger partial charge in [-0.3, -0.25) is 10.1 Å². The summed E-state index contributed by atoms with van der Waals surface area (Å²) in [6.45, 7) is 2.09. The second-order valence-electron chi connectivity index (χ2n) is 6.82. The molecule has 2 N–H and O–H groups in total. The second-order valence-corrected chi connectivity index (χ2v) is 7.80. The predicted molar refractivity (Wildman–Crippen MR) is 114 cm³/mol. The Bertz CT molecular complexity index is 906. The van der Waals surface area contributed by atoms with Gasteiger partial charge in [0, 0.05) is 4.88 Å². The standard InChI is InChI=1S/C23H24F2N2OS/c1-2-3-6-16-10-12-17(13-11-16)22(20-9-5-14-29-20)26-15-21(28)27-23-18(24)7-4-8-19(23)25/h4-5,7-14,22,26H,2-3,6,15H2,1H3,(H,27,28)/t22-/m1/s1. The smallest absolute Gasteiger partial charge is 0.238 e. The molecule has 0 aliphatic rings. The molecule has 0 saturated heterocycles. The van der Waals surface area contributed by atoms with Crippen molar-refractivity contribution in [2.45, 2.75) is 32.2 Å². The highest BCUT2D eigenvalue weighted by atomic mass is 32.1. The minimum Gasteiger partial charge on any atom is -0.320 e. The Hall–Kier alpha value is -2.57. The summed E-state index contributed by atoms with van der Waals surface area (Å²) >= 11 is 1.59. The van der Waals surface area contributed by atoms with Crippen molar-refractivity contribution in [2.24, 2.45) is 0 Å². The van der Waals surface area contributed by atoms with Crippen LogP contribution in [0.2, 0.25) is 0 Å². The van der Waals surface area contributed by atoms with Crippen LogP contribution in [0, 0.1) is 11.6 Å². The van der Waals surface area contributed by atoms with E-state index >= 15 is 0 Å². The first-order valence-corrected chi connectivity index (χ1v) is 10.6. The van der Waals surface area contributed by atoms with Crippen molar-refractivity contribution >= 4 is 22.9 Å². The van der Waals surface area contributed by atoms with E-state index in [1.165, 1.54) is 11.6 Å². The average molecular weight is 415 g/mol. The SMILES string of the molecule is CCCCc1ccc([C@@H](NCC(=O)Nc2c(F)cccc2F)c2cccs2)cc1. The molecule has 1 amide bonds. The Labute approximate surface area is 173 Å². The van der Waals surface area contributed by atoms with Crippen LogP contribution in [0.1, 0.15) is 41.8 Å². The Balaban J connectivity index is 1.69. The molecule has 0 saturated carbocycles. The lowest BCUT2D eigenvalue weighted by atomic mass is 10.0. The van der Waals surface area contributed by atoms with Crippen LogP contribution in [0.15, 0.2) is 60.0 Å². The average Bonchev–Trinajstić information content (AvgIpc) is 3.25. The van der Waals surface area contributed by atoms with Gasteiger partial charge in [0.1, 0.15) is 17.3 Å². The maximum absolute atomic E-state index is 13.8. The first-order valence-electron chi connectivity index (χ1n) is 9.68. The van der Waals surface area contributed by atoms with Gasteiger partial charge < -0.3 is 5.32 Å². The highest BCUT2D eigenvalue weighted by Gasteiger charge is 2.18. The predicted octanol–water partition coefficient (Wildman–Crippen LogP) is 5.69. The van der Waals surface area contributed by atoms with Crippen LogP contribution in [0.3, 0.4) is 0 Å². The monoisotopic (exact) mass is 414 g/mol. The summed E-state index contributed by atoms with van der Waals surface area (Å²) in [7, 11) is 0. The van der Waals surface area contributed by atoms with E-state index in [1.54, 1.807) is 11.3 Å². The van der Waals surface area contributed by atoms with Gasteiger partial charge in [-0.25, -0.2) is 8.78 Å². The number of aryl methyl sites for hydroxylation is 1. The lowest BCUT2D eigenvalue weighted by Gasteiger charge is -2.18. The quantitative estimate of drug-likeness (QED) is 0.472. The number of amides is 1. The van der Waals surface area contributed by atoms with Crippen molar-refractivity contribution in [1.29, 1.82) is 0 Å². The molecule has 0 fully saturated rings. The van der Waals surface area contributed by atoms with Gasteiger partial charge in [0.2, 0.25) is 5.91 Å². The zero-order valence-electron chi connectivity index (χ0n) is 16.3. The lowest BCUT2D eigenvalue weighted by Crippen LogP contribution is -2.32. The molecule has 0 radical (unpaired) electrons. The summed E-state index contributed by atoms with van der Waals surface area (Å²) in [5.74, 6) is -2.10. The number of anilines is 1. The van der Waals surface area contributed by atoms with E-state index in [0.717, 1.165) is 41.8 Å². The number of rotatable bonds is 9. The Kier molecular flexibility index (Phi) is 7.49. The molecule has 1 heterocycles. The molecular weight excluding hydrogens is 390 g/mol. The van der Waals surface area contributed by atoms with E-state index in [9.17, 15) is 13.6 Å². The van der Waals surface area contributed by atoms with E-state index in [1.807, 2.05) is 17.5 Å². The number of nitrogens with one attached hydrogen (secondary N) is 2. The van der Waals surface area contributed by atoms with Crippen molar-refractivity contribution in [1.82, 2.24) is 5.32 Å². The highest BCUT2D eigenvalue weighted by molar-refractivity contribution is 7.10. The van der Waals surface area contributed by atoms with Gasteiger partial charge >= 0.3 is 0 Å². The van der Waals surface area contributed by atoms with E-state index < -0.39 is 23.2 Å². The molecule has 3 aromatic rings. The molecule has 3 nitrogen and oxygen atoms in total. The molecule has 0 spiro atoms. The maximum atomic E-state index is 13.8. The van der Waals surface area contributed by atoms with Gasteiger partial charge in [-0.1, -0.05) is 49.7 Å². The number of carbonyl (C=O) groups is 1. The summed E-state index contributed by atoms with van der Waals surface area (Å²) in [5, 5.41) is 7.51. The van der Waals surface area contributed by atoms with Crippen LogP contribution in [0.4, 0.5) is 14.5 Å². The largest absolute Gasteiger partial charge is 0.320 e. The van der Waals surface area contributed by atoms with Crippen molar-refractivity contribution < 1.29 is 13.6 Å². The number of carbonyl (C=O) groups excluding carboxylic acids is 1.